The molecular formula is C16H11N3O2. The van der Waals surface area contributed by atoms with Crippen LogP contribution >= 0.6 is 0 Å². The Kier molecular flexibility index (Phi) is 2.50. The van der Waals surface area contributed by atoms with Crippen molar-refractivity contribution in [2.75, 3.05) is 5.32 Å². The standard InChI is InChI=1S/C16H11N3O2/c20-16-14(21-13-6-3-7-17-15(13)19-16)8-10-9-18-12-5-2-1-4-11(10)12/h1-9,18H,(H,17,19,20)/b14-8-. The van der Waals surface area contributed by atoms with Crippen LogP contribution in [0.5, 0.6) is 5.75 Å². The molecule has 0 spiro atoms. The molecule has 0 saturated heterocycles. The summed E-state index contributed by atoms with van der Waals surface area (Å²) in [6.07, 6.45) is 5.19. The molecule has 3 heterocycles. The molecule has 5 heteroatoms. The number of hydrogen-bond acceptors (Lipinski definition) is 3. The molecule has 2 N–H and O–H groups in total. The van der Waals surface area contributed by atoms with E-state index in [4.69, 9.17) is 4.74 Å². The number of benzene rings is 1. The predicted molar refractivity (Wildman–Crippen MR) is 79.8 cm³/mol. The average Bonchev–Trinajstić information content (AvgIpc) is 2.91. The topological polar surface area (TPSA) is 67.0 Å². The summed E-state index contributed by atoms with van der Waals surface area (Å²) >= 11 is 0. The van der Waals surface area contributed by atoms with Gasteiger partial charge in [0.25, 0.3) is 5.91 Å². The van der Waals surface area contributed by atoms with Crippen molar-refractivity contribution in [1.82, 2.24) is 9.97 Å². The molecule has 5 nitrogen and oxygen atoms in total. The molecule has 1 aliphatic heterocycles. The predicted octanol–water partition coefficient (Wildman–Crippen LogP) is 2.93. The Morgan fingerprint density at radius 2 is 2.05 bits per heavy atom. The largest absolute Gasteiger partial charge is 0.448 e. The van der Waals surface area contributed by atoms with Crippen molar-refractivity contribution in [2.24, 2.45) is 0 Å². The van der Waals surface area contributed by atoms with Gasteiger partial charge in [-0.2, -0.15) is 0 Å². The van der Waals surface area contributed by atoms with Gasteiger partial charge in [0.2, 0.25) is 0 Å². The number of H-pyrrole nitrogens is 1. The average molecular weight is 277 g/mol. The first kappa shape index (κ1) is 11.7. The number of amides is 1. The Morgan fingerprint density at radius 1 is 1.14 bits per heavy atom. The molecule has 4 rings (SSSR count). The number of nitrogens with one attached hydrogen (secondary N) is 2. The van der Waals surface area contributed by atoms with Gasteiger partial charge in [-0.15, -0.1) is 0 Å². The van der Waals surface area contributed by atoms with Crippen molar-refractivity contribution >= 4 is 28.7 Å². The fraction of sp³-hybridized carbons (Fsp3) is 0. The van der Waals surface area contributed by atoms with E-state index < -0.39 is 0 Å². The summed E-state index contributed by atoms with van der Waals surface area (Å²) in [5, 5.41) is 3.76. The first-order chi connectivity index (χ1) is 10.3. The maximum absolute atomic E-state index is 12.1. The van der Waals surface area contributed by atoms with E-state index in [2.05, 4.69) is 15.3 Å². The van der Waals surface area contributed by atoms with E-state index in [0.29, 0.717) is 11.6 Å². The van der Waals surface area contributed by atoms with E-state index in [0.717, 1.165) is 16.5 Å². The second kappa shape index (κ2) is 4.49. The smallest absolute Gasteiger partial charge is 0.292 e. The molecule has 0 unspecified atom stereocenters. The van der Waals surface area contributed by atoms with Crippen LogP contribution in [0.1, 0.15) is 5.56 Å². The van der Waals surface area contributed by atoms with Crippen molar-refractivity contribution in [3.05, 3.63) is 60.1 Å². The lowest BCUT2D eigenvalue weighted by molar-refractivity contribution is -0.115. The van der Waals surface area contributed by atoms with Crippen molar-refractivity contribution < 1.29 is 9.53 Å². The third-order valence-electron chi connectivity index (χ3n) is 3.35. The van der Waals surface area contributed by atoms with E-state index in [1.807, 2.05) is 30.5 Å². The van der Waals surface area contributed by atoms with Crippen molar-refractivity contribution in [3.8, 4) is 5.75 Å². The minimum Gasteiger partial charge on any atom is -0.448 e. The van der Waals surface area contributed by atoms with E-state index >= 15 is 0 Å². The van der Waals surface area contributed by atoms with E-state index in [9.17, 15) is 4.79 Å². The number of anilines is 1. The van der Waals surface area contributed by atoms with Crippen LogP contribution in [-0.4, -0.2) is 15.9 Å². The second-order valence-corrected chi connectivity index (χ2v) is 4.70. The molecule has 1 aliphatic rings. The van der Waals surface area contributed by atoms with E-state index in [-0.39, 0.29) is 11.7 Å². The highest BCUT2D eigenvalue weighted by molar-refractivity contribution is 6.08. The molecule has 3 aromatic rings. The summed E-state index contributed by atoms with van der Waals surface area (Å²) in [6, 6.07) is 11.4. The number of para-hydroxylation sites is 1. The molecule has 0 fully saturated rings. The van der Waals surface area contributed by atoms with Gasteiger partial charge in [0.05, 0.1) is 0 Å². The first-order valence-electron chi connectivity index (χ1n) is 6.53. The molecular weight excluding hydrogens is 266 g/mol. The summed E-state index contributed by atoms with van der Waals surface area (Å²) in [5.74, 6) is 0.938. The Hall–Kier alpha value is -3.08. The summed E-state index contributed by atoms with van der Waals surface area (Å²) in [5.41, 5.74) is 1.92. The summed E-state index contributed by atoms with van der Waals surface area (Å²) in [4.78, 5) is 19.3. The number of ether oxygens (including phenoxy) is 1. The van der Waals surface area contributed by atoms with Crippen LogP contribution in [0.15, 0.2) is 54.6 Å². The number of pyridine rings is 1. The lowest BCUT2D eigenvalue weighted by atomic mass is 10.1. The highest BCUT2D eigenvalue weighted by Gasteiger charge is 2.22. The number of carbonyl (C=O) groups excluding carboxylic acids is 1. The van der Waals surface area contributed by atoms with Gasteiger partial charge in [-0.3, -0.25) is 4.79 Å². The number of rotatable bonds is 1. The third kappa shape index (κ3) is 1.95. The van der Waals surface area contributed by atoms with Gasteiger partial charge in [-0.25, -0.2) is 4.98 Å². The van der Waals surface area contributed by atoms with Crippen LogP contribution in [0.25, 0.3) is 17.0 Å². The molecule has 102 valence electrons. The molecule has 0 atom stereocenters. The molecule has 1 amide bonds. The van der Waals surface area contributed by atoms with Gasteiger partial charge in [0, 0.05) is 28.9 Å². The SMILES string of the molecule is O=C1Nc2ncccc2O/C1=C\c1c[nH]c2ccccc12. The van der Waals surface area contributed by atoms with Crippen LogP contribution in [0.3, 0.4) is 0 Å². The molecule has 2 aromatic heterocycles. The molecule has 0 aliphatic carbocycles. The summed E-state index contributed by atoms with van der Waals surface area (Å²) < 4.78 is 5.64. The monoisotopic (exact) mass is 277 g/mol. The highest BCUT2D eigenvalue weighted by atomic mass is 16.5. The minimum absolute atomic E-state index is 0.250. The molecule has 21 heavy (non-hydrogen) atoms. The van der Waals surface area contributed by atoms with Crippen LogP contribution in [-0.2, 0) is 4.79 Å². The zero-order valence-electron chi connectivity index (χ0n) is 11.0. The third-order valence-corrected chi connectivity index (χ3v) is 3.35. The van der Waals surface area contributed by atoms with Gasteiger partial charge in [-0.1, -0.05) is 18.2 Å². The minimum atomic E-state index is -0.300. The van der Waals surface area contributed by atoms with Gasteiger partial charge in [0.1, 0.15) is 0 Å². The number of fused-ring (bicyclic) bond motifs is 2. The highest BCUT2D eigenvalue weighted by Crippen LogP contribution is 2.29. The first-order valence-corrected chi connectivity index (χ1v) is 6.53. The zero-order valence-corrected chi connectivity index (χ0v) is 11.0. The fourth-order valence-electron chi connectivity index (χ4n) is 2.35. The zero-order chi connectivity index (χ0) is 14.2. The van der Waals surface area contributed by atoms with E-state index in [1.54, 1.807) is 24.4 Å². The quantitative estimate of drug-likeness (QED) is 0.672. The lowest BCUT2D eigenvalue weighted by Crippen LogP contribution is -2.24. The van der Waals surface area contributed by atoms with Gasteiger partial charge in [-0.05, 0) is 24.3 Å². The van der Waals surface area contributed by atoms with Crippen molar-refractivity contribution in [1.29, 1.82) is 0 Å². The molecule has 1 aromatic carbocycles. The van der Waals surface area contributed by atoms with Crippen molar-refractivity contribution in [2.45, 2.75) is 0 Å². The molecule has 0 saturated carbocycles. The Labute approximate surface area is 120 Å². The normalized spacial score (nSPS) is 15.6. The number of aromatic amines is 1. The van der Waals surface area contributed by atoms with Gasteiger partial charge < -0.3 is 15.0 Å². The Balaban J connectivity index is 1.78. The maximum Gasteiger partial charge on any atom is 0.292 e. The molecule has 0 radical (unpaired) electrons. The number of carbonyl (C=O) groups is 1. The Morgan fingerprint density at radius 3 is 3.00 bits per heavy atom. The number of nitrogens with zero attached hydrogens (tertiary/aromatic N) is 1. The maximum atomic E-state index is 12.1. The Bertz CT molecular complexity index is 880. The number of hydrogen-bond donors (Lipinski definition) is 2. The fourth-order valence-corrected chi connectivity index (χ4v) is 2.35. The molecule has 0 bridgehead atoms. The van der Waals surface area contributed by atoms with Crippen molar-refractivity contribution in [3.63, 3.8) is 0 Å². The van der Waals surface area contributed by atoms with E-state index in [1.165, 1.54) is 0 Å². The summed E-state index contributed by atoms with van der Waals surface area (Å²) in [6.45, 7) is 0. The van der Waals surface area contributed by atoms with Crippen LogP contribution in [0.4, 0.5) is 5.82 Å². The van der Waals surface area contributed by atoms with Crippen LogP contribution in [0.2, 0.25) is 0 Å². The van der Waals surface area contributed by atoms with Crippen LogP contribution in [0, 0.1) is 0 Å². The van der Waals surface area contributed by atoms with Crippen LogP contribution < -0.4 is 10.1 Å². The number of aromatic nitrogens is 2. The van der Waals surface area contributed by atoms with Gasteiger partial charge >= 0.3 is 0 Å². The lowest BCUT2D eigenvalue weighted by Gasteiger charge is -2.18. The second-order valence-electron chi connectivity index (χ2n) is 4.70. The van der Waals surface area contributed by atoms with Gasteiger partial charge in [0.15, 0.2) is 17.3 Å². The summed E-state index contributed by atoms with van der Waals surface area (Å²) in [7, 11) is 0.